The summed E-state index contributed by atoms with van der Waals surface area (Å²) in [6.07, 6.45) is -0.153. The van der Waals surface area contributed by atoms with Gasteiger partial charge in [0.15, 0.2) is 0 Å². The predicted octanol–water partition coefficient (Wildman–Crippen LogP) is 0.611. The Bertz CT molecular complexity index is 577. The number of aromatic nitrogens is 3. The average molecular weight is 260 g/mol. The molecule has 6 heteroatoms. The summed E-state index contributed by atoms with van der Waals surface area (Å²) in [7, 11) is 0. The molecule has 1 aliphatic heterocycles. The second-order valence-electron chi connectivity index (χ2n) is 4.76. The minimum Gasteiger partial charge on any atom is -0.394 e. The summed E-state index contributed by atoms with van der Waals surface area (Å²) in [4.78, 5) is 6.53. The van der Waals surface area contributed by atoms with Gasteiger partial charge in [-0.2, -0.15) is 0 Å². The van der Waals surface area contributed by atoms with E-state index in [1.165, 1.54) is 0 Å². The Morgan fingerprint density at radius 3 is 2.84 bits per heavy atom. The molecular formula is C13H16N4O2. The molecule has 1 saturated heterocycles. The molecule has 1 N–H and O–H groups in total. The van der Waals surface area contributed by atoms with Crippen molar-refractivity contribution in [1.29, 1.82) is 0 Å². The Balaban J connectivity index is 1.90. The molecule has 2 atom stereocenters. The lowest BCUT2D eigenvalue weighted by Crippen LogP contribution is -2.48. The molecule has 100 valence electrons. The van der Waals surface area contributed by atoms with E-state index in [9.17, 15) is 5.11 Å². The zero-order valence-electron chi connectivity index (χ0n) is 10.7. The summed E-state index contributed by atoms with van der Waals surface area (Å²) in [5.74, 6) is 0.590. The number of ether oxygens (including phenoxy) is 1. The van der Waals surface area contributed by atoms with E-state index < -0.39 is 0 Å². The van der Waals surface area contributed by atoms with E-state index in [1.54, 1.807) is 0 Å². The molecule has 1 fully saturated rings. The fourth-order valence-electron chi connectivity index (χ4n) is 2.32. The van der Waals surface area contributed by atoms with E-state index in [-0.39, 0.29) is 18.8 Å². The predicted molar refractivity (Wildman–Crippen MR) is 71.0 cm³/mol. The second kappa shape index (κ2) is 5.07. The third kappa shape index (κ3) is 2.50. The zero-order chi connectivity index (χ0) is 13.2. The van der Waals surface area contributed by atoms with Crippen molar-refractivity contribution < 1.29 is 9.84 Å². The quantitative estimate of drug-likeness (QED) is 0.853. The Kier molecular flexibility index (Phi) is 3.27. The van der Waals surface area contributed by atoms with Crippen LogP contribution in [0.2, 0.25) is 0 Å². The maximum atomic E-state index is 9.24. The standard InChI is InChI=1S/C13H16N4O2/c1-9-6-17(7-10(8-18)19-9)13-14-11-4-2-3-5-12(11)15-16-13/h2-5,9-10,18H,6-8H2,1H3. The summed E-state index contributed by atoms with van der Waals surface area (Å²) in [6, 6.07) is 7.65. The van der Waals surface area contributed by atoms with Crippen LogP contribution in [0.25, 0.3) is 11.0 Å². The van der Waals surface area contributed by atoms with Crippen molar-refractivity contribution in [2.45, 2.75) is 19.1 Å². The maximum absolute atomic E-state index is 9.24. The number of para-hydroxylation sites is 1. The van der Waals surface area contributed by atoms with E-state index in [0.29, 0.717) is 19.0 Å². The Hall–Kier alpha value is -1.79. The number of nitrogens with zero attached hydrogens (tertiary/aromatic N) is 4. The van der Waals surface area contributed by atoms with Crippen molar-refractivity contribution in [3.05, 3.63) is 24.3 Å². The van der Waals surface area contributed by atoms with Gasteiger partial charge in [0, 0.05) is 13.1 Å². The third-order valence-corrected chi connectivity index (χ3v) is 3.16. The lowest BCUT2D eigenvalue weighted by molar-refractivity contribution is -0.0425. The van der Waals surface area contributed by atoms with Crippen LogP contribution < -0.4 is 4.90 Å². The SMILES string of the molecule is CC1CN(c2nnc3ccccc3n2)CC(CO)O1. The van der Waals surface area contributed by atoms with Gasteiger partial charge in [-0.15, -0.1) is 10.2 Å². The molecule has 0 spiro atoms. The molecular weight excluding hydrogens is 244 g/mol. The fraction of sp³-hybridized carbons (Fsp3) is 0.462. The summed E-state index contributed by atoms with van der Waals surface area (Å²) in [5, 5.41) is 17.6. The lowest BCUT2D eigenvalue weighted by atomic mass is 10.2. The van der Waals surface area contributed by atoms with Crippen LogP contribution in [0.15, 0.2) is 24.3 Å². The molecule has 0 radical (unpaired) electrons. The second-order valence-corrected chi connectivity index (χ2v) is 4.76. The first-order chi connectivity index (χ1) is 9.26. The first-order valence-electron chi connectivity index (χ1n) is 6.37. The Morgan fingerprint density at radius 1 is 1.26 bits per heavy atom. The smallest absolute Gasteiger partial charge is 0.246 e. The van der Waals surface area contributed by atoms with Gasteiger partial charge in [0.1, 0.15) is 5.52 Å². The van der Waals surface area contributed by atoms with Gasteiger partial charge in [0.25, 0.3) is 0 Å². The highest BCUT2D eigenvalue weighted by Crippen LogP contribution is 2.17. The minimum atomic E-state index is -0.196. The Morgan fingerprint density at radius 2 is 2.05 bits per heavy atom. The van der Waals surface area contributed by atoms with Crippen molar-refractivity contribution in [3.63, 3.8) is 0 Å². The van der Waals surface area contributed by atoms with Gasteiger partial charge in [-0.25, -0.2) is 4.98 Å². The summed E-state index contributed by atoms with van der Waals surface area (Å²) < 4.78 is 5.61. The lowest BCUT2D eigenvalue weighted by Gasteiger charge is -2.35. The normalized spacial score (nSPS) is 23.8. The molecule has 2 aromatic rings. The van der Waals surface area contributed by atoms with Gasteiger partial charge in [-0.1, -0.05) is 12.1 Å². The molecule has 1 aromatic carbocycles. The van der Waals surface area contributed by atoms with Gasteiger partial charge in [0.2, 0.25) is 5.95 Å². The van der Waals surface area contributed by atoms with E-state index in [4.69, 9.17) is 4.74 Å². The van der Waals surface area contributed by atoms with Gasteiger partial charge in [0.05, 0.1) is 24.3 Å². The molecule has 2 unspecified atom stereocenters. The number of hydrogen-bond acceptors (Lipinski definition) is 6. The monoisotopic (exact) mass is 260 g/mol. The summed E-state index contributed by atoms with van der Waals surface area (Å²) in [5.41, 5.74) is 1.61. The summed E-state index contributed by atoms with van der Waals surface area (Å²) in [6.45, 7) is 3.27. The van der Waals surface area contributed by atoms with Crippen LogP contribution in [0.1, 0.15) is 6.92 Å². The molecule has 6 nitrogen and oxygen atoms in total. The number of aliphatic hydroxyl groups excluding tert-OH is 1. The molecule has 0 saturated carbocycles. The topological polar surface area (TPSA) is 71.4 Å². The highest BCUT2D eigenvalue weighted by molar-refractivity contribution is 5.74. The van der Waals surface area contributed by atoms with E-state index in [1.807, 2.05) is 36.1 Å². The fourth-order valence-corrected chi connectivity index (χ4v) is 2.32. The van der Waals surface area contributed by atoms with Gasteiger partial charge in [-0.05, 0) is 19.1 Å². The largest absolute Gasteiger partial charge is 0.394 e. The van der Waals surface area contributed by atoms with Crippen LogP contribution in [0.5, 0.6) is 0 Å². The number of hydrogen-bond donors (Lipinski definition) is 1. The number of benzene rings is 1. The van der Waals surface area contributed by atoms with Crippen LogP contribution in [0, 0.1) is 0 Å². The zero-order valence-corrected chi connectivity index (χ0v) is 10.7. The van der Waals surface area contributed by atoms with Gasteiger partial charge >= 0.3 is 0 Å². The molecule has 1 aromatic heterocycles. The van der Waals surface area contributed by atoms with E-state index in [0.717, 1.165) is 11.0 Å². The van der Waals surface area contributed by atoms with Crippen molar-refractivity contribution in [2.75, 3.05) is 24.6 Å². The molecule has 2 heterocycles. The number of aliphatic hydroxyl groups is 1. The van der Waals surface area contributed by atoms with Crippen LogP contribution in [0.4, 0.5) is 5.95 Å². The first-order valence-corrected chi connectivity index (χ1v) is 6.37. The van der Waals surface area contributed by atoms with Crippen molar-refractivity contribution in [3.8, 4) is 0 Å². The van der Waals surface area contributed by atoms with Crippen LogP contribution >= 0.6 is 0 Å². The van der Waals surface area contributed by atoms with E-state index >= 15 is 0 Å². The maximum Gasteiger partial charge on any atom is 0.246 e. The average Bonchev–Trinajstić information content (AvgIpc) is 2.46. The minimum absolute atomic E-state index is 0.00184. The Labute approximate surface area is 111 Å². The molecule has 3 rings (SSSR count). The van der Waals surface area contributed by atoms with Crippen LogP contribution in [-0.2, 0) is 4.74 Å². The van der Waals surface area contributed by atoms with Crippen LogP contribution in [0.3, 0.4) is 0 Å². The molecule has 0 aliphatic carbocycles. The molecule has 19 heavy (non-hydrogen) atoms. The van der Waals surface area contributed by atoms with Gasteiger partial charge < -0.3 is 14.7 Å². The molecule has 0 bridgehead atoms. The molecule has 1 aliphatic rings. The number of rotatable bonds is 2. The van der Waals surface area contributed by atoms with Crippen LogP contribution in [-0.4, -0.2) is 52.2 Å². The van der Waals surface area contributed by atoms with Crippen molar-refractivity contribution >= 4 is 17.0 Å². The van der Waals surface area contributed by atoms with E-state index in [2.05, 4.69) is 15.2 Å². The number of morpholine rings is 1. The van der Waals surface area contributed by atoms with Crippen molar-refractivity contribution in [1.82, 2.24) is 15.2 Å². The highest BCUT2D eigenvalue weighted by atomic mass is 16.5. The van der Waals surface area contributed by atoms with Crippen molar-refractivity contribution in [2.24, 2.45) is 0 Å². The first kappa shape index (κ1) is 12.3. The summed E-state index contributed by atoms with van der Waals surface area (Å²) >= 11 is 0. The molecule has 0 amide bonds. The highest BCUT2D eigenvalue weighted by Gasteiger charge is 2.26. The van der Waals surface area contributed by atoms with Gasteiger partial charge in [-0.3, -0.25) is 0 Å². The number of fused-ring (bicyclic) bond motifs is 1. The number of anilines is 1. The third-order valence-electron chi connectivity index (χ3n) is 3.16.